The molecule has 1 aromatic rings. The SMILES string of the molecule is O=C(O)C1(Cc2ccccc2)CCCC1=O. The average molecular weight is 218 g/mol. The average Bonchev–Trinajstić information content (AvgIpc) is 2.63. The minimum Gasteiger partial charge on any atom is -0.480 e. The molecule has 2 rings (SSSR count). The molecule has 0 aliphatic heterocycles. The van der Waals surface area contributed by atoms with Crippen LogP contribution in [-0.2, 0) is 16.0 Å². The second-order valence-corrected chi connectivity index (χ2v) is 4.33. The van der Waals surface area contributed by atoms with Crippen LogP contribution in [0.5, 0.6) is 0 Å². The summed E-state index contributed by atoms with van der Waals surface area (Å²) in [5.41, 5.74) is -0.249. The first-order chi connectivity index (χ1) is 7.65. The van der Waals surface area contributed by atoms with Crippen molar-refractivity contribution in [3.8, 4) is 0 Å². The van der Waals surface area contributed by atoms with E-state index in [1.807, 2.05) is 30.3 Å². The number of Topliss-reactive ketones (excluding diaryl/α,β-unsaturated/α-hetero) is 1. The molecule has 1 fully saturated rings. The second-order valence-electron chi connectivity index (χ2n) is 4.33. The first kappa shape index (κ1) is 10.9. The van der Waals surface area contributed by atoms with Crippen molar-refractivity contribution in [3.63, 3.8) is 0 Å². The van der Waals surface area contributed by atoms with Crippen LogP contribution in [0.4, 0.5) is 0 Å². The summed E-state index contributed by atoms with van der Waals surface area (Å²) in [7, 11) is 0. The molecule has 1 unspecified atom stereocenters. The van der Waals surface area contributed by atoms with Gasteiger partial charge in [0, 0.05) is 6.42 Å². The third kappa shape index (κ3) is 1.73. The van der Waals surface area contributed by atoms with Gasteiger partial charge in [-0.05, 0) is 24.8 Å². The minimum absolute atomic E-state index is 0.121. The monoisotopic (exact) mass is 218 g/mol. The van der Waals surface area contributed by atoms with E-state index in [4.69, 9.17) is 0 Å². The van der Waals surface area contributed by atoms with Gasteiger partial charge in [-0.1, -0.05) is 30.3 Å². The van der Waals surface area contributed by atoms with E-state index in [0.717, 1.165) is 5.56 Å². The van der Waals surface area contributed by atoms with Crippen molar-refractivity contribution in [1.82, 2.24) is 0 Å². The Kier molecular flexibility index (Phi) is 2.77. The third-order valence-electron chi connectivity index (χ3n) is 3.30. The number of carboxylic acids is 1. The molecule has 0 spiro atoms. The predicted octanol–water partition coefficient (Wildman–Crippen LogP) is 2.05. The molecule has 0 saturated heterocycles. The Hall–Kier alpha value is -1.64. The molecule has 1 saturated carbocycles. The van der Waals surface area contributed by atoms with Gasteiger partial charge < -0.3 is 5.11 Å². The Bertz CT molecular complexity index is 410. The number of ketones is 1. The zero-order chi connectivity index (χ0) is 11.6. The molecule has 0 radical (unpaired) electrons. The van der Waals surface area contributed by atoms with Crippen LogP contribution in [0.2, 0.25) is 0 Å². The van der Waals surface area contributed by atoms with Gasteiger partial charge in [-0.15, -0.1) is 0 Å². The largest absolute Gasteiger partial charge is 0.480 e. The number of benzene rings is 1. The van der Waals surface area contributed by atoms with Gasteiger partial charge in [-0.2, -0.15) is 0 Å². The molecule has 0 aromatic heterocycles. The standard InChI is InChI=1S/C13H14O3/c14-11-7-4-8-13(11,12(15)16)9-10-5-2-1-3-6-10/h1-3,5-6H,4,7-9H2,(H,15,16). The van der Waals surface area contributed by atoms with Crippen molar-refractivity contribution < 1.29 is 14.7 Å². The van der Waals surface area contributed by atoms with Crippen LogP contribution in [0.15, 0.2) is 30.3 Å². The molecule has 1 aliphatic rings. The summed E-state index contributed by atoms with van der Waals surface area (Å²) in [6, 6.07) is 9.36. The Balaban J connectivity index is 2.29. The molecule has 84 valence electrons. The third-order valence-corrected chi connectivity index (χ3v) is 3.30. The van der Waals surface area contributed by atoms with E-state index in [9.17, 15) is 14.7 Å². The molecule has 1 atom stereocenters. The van der Waals surface area contributed by atoms with Gasteiger partial charge in [0.25, 0.3) is 0 Å². The maximum Gasteiger partial charge on any atom is 0.317 e. The zero-order valence-corrected chi connectivity index (χ0v) is 8.98. The summed E-state index contributed by atoms with van der Waals surface area (Å²) < 4.78 is 0. The van der Waals surface area contributed by atoms with Gasteiger partial charge in [-0.25, -0.2) is 0 Å². The van der Waals surface area contributed by atoms with E-state index in [2.05, 4.69) is 0 Å². The van der Waals surface area contributed by atoms with Crippen molar-refractivity contribution in [2.75, 3.05) is 0 Å². The number of aliphatic carboxylic acids is 1. The van der Waals surface area contributed by atoms with Crippen LogP contribution in [-0.4, -0.2) is 16.9 Å². The van der Waals surface area contributed by atoms with E-state index in [0.29, 0.717) is 25.7 Å². The Morgan fingerprint density at radius 2 is 2.00 bits per heavy atom. The quantitative estimate of drug-likeness (QED) is 0.790. The van der Waals surface area contributed by atoms with Crippen molar-refractivity contribution in [2.24, 2.45) is 5.41 Å². The van der Waals surface area contributed by atoms with Gasteiger partial charge >= 0.3 is 5.97 Å². The fourth-order valence-electron chi connectivity index (χ4n) is 2.36. The summed E-state index contributed by atoms with van der Waals surface area (Å²) in [6.45, 7) is 0. The molecular formula is C13H14O3. The zero-order valence-electron chi connectivity index (χ0n) is 8.98. The van der Waals surface area contributed by atoms with Crippen molar-refractivity contribution in [3.05, 3.63) is 35.9 Å². The van der Waals surface area contributed by atoms with E-state index < -0.39 is 11.4 Å². The summed E-state index contributed by atoms with van der Waals surface area (Å²) in [6.07, 6.45) is 1.88. The normalized spacial score (nSPS) is 24.6. The number of hydrogen-bond acceptors (Lipinski definition) is 2. The second kappa shape index (κ2) is 4.08. The molecule has 1 aromatic carbocycles. The van der Waals surface area contributed by atoms with Crippen LogP contribution >= 0.6 is 0 Å². The first-order valence-electron chi connectivity index (χ1n) is 5.46. The molecule has 3 heteroatoms. The molecule has 1 aliphatic carbocycles. The van der Waals surface area contributed by atoms with Crippen LogP contribution in [0, 0.1) is 5.41 Å². The highest BCUT2D eigenvalue weighted by Crippen LogP contribution is 2.38. The lowest BCUT2D eigenvalue weighted by molar-refractivity contribution is -0.153. The highest BCUT2D eigenvalue weighted by Gasteiger charge is 2.48. The van der Waals surface area contributed by atoms with Crippen molar-refractivity contribution in [1.29, 1.82) is 0 Å². The Labute approximate surface area is 94.1 Å². The topological polar surface area (TPSA) is 54.4 Å². The molecule has 3 nitrogen and oxygen atoms in total. The lowest BCUT2D eigenvalue weighted by atomic mass is 9.79. The summed E-state index contributed by atoms with van der Waals surface area (Å²) >= 11 is 0. The molecule has 0 amide bonds. The first-order valence-corrected chi connectivity index (χ1v) is 5.46. The highest BCUT2D eigenvalue weighted by atomic mass is 16.4. The van der Waals surface area contributed by atoms with E-state index >= 15 is 0 Å². The van der Waals surface area contributed by atoms with Gasteiger partial charge in [-0.3, -0.25) is 9.59 Å². The number of carboxylic acid groups (broad SMARTS) is 1. The van der Waals surface area contributed by atoms with Crippen molar-refractivity contribution in [2.45, 2.75) is 25.7 Å². The molecular weight excluding hydrogens is 204 g/mol. The molecule has 16 heavy (non-hydrogen) atoms. The number of carbonyl (C=O) groups is 2. The molecule has 0 heterocycles. The predicted molar refractivity (Wildman–Crippen MR) is 59.1 cm³/mol. The van der Waals surface area contributed by atoms with Gasteiger partial charge in [0.15, 0.2) is 5.78 Å². The van der Waals surface area contributed by atoms with Gasteiger partial charge in [0.1, 0.15) is 5.41 Å². The van der Waals surface area contributed by atoms with Gasteiger partial charge in [0.05, 0.1) is 0 Å². The van der Waals surface area contributed by atoms with Crippen molar-refractivity contribution >= 4 is 11.8 Å². The minimum atomic E-state index is -1.17. The number of hydrogen-bond donors (Lipinski definition) is 1. The fourth-order valence-corrected chi connectivity index (χ4v) is 2.36. The fraction of sp³-hybridized carbons (Fsp3) is 0.385. The van der Waals surface area contributed by atoms with Crippen LogP contribution in [0.1, 0.15) is 24.8 Å². The van der Waals surface area contributed by atoms with Crippen LogP contribution < -0.4 is 0 Å². The molecule has 0 bridgehead atoms. The lowest BCUT2D eigenvalue weighted by Gasteiger charge is -2.22. The summed E-state index contributed by atoms with van der Waals surface area (Å²) in [5.74, 6) is -1.09. The Morgan fingerprint density at radius 3 is 2.50 bits per heavy atom. The number of rotatable bonds is 3. The Morgan fingerprint density at radius 1 is 1.31 bits per heavy atom. The van der Waals surface area contributed by atoms with E-state index in [1.165, 1.54) is 0 Å². The highest BCUT2D eigenvalue weighted by molar-refractivity contribution is 6.04. The summed E-state index contributed by atoms with van der Waals surface area (Å²) in [5, 5.41) is 9.27. The number of carbonyl (C=O) groups excluding carboxylic acids is 1. The van der Waals surface area contributed by atoms with E-state index in [-0.39, 0.29) is 5.78 Å². The van der Waals surface area contributed by atoms with Crippen LogP contribution in [0.3, 0.4) is 0 Å². The maximum atomic E-state index is 11.8. The smallest absolute Gasteiger partial charge is 0.317 e. The van der Waals surface area contributed by atoms with Crippen LogP contribution in [0.25, 0.3) is 0 Å². The lowest BCUT2D eigenvalue weighted by Crippen LogP contribution is -2.37. The molecule has 1 N–H and O–H groups in total. The van der Waals surface area contributed by atoms with E-state index in [1.54, 1.807) is 0 Å². The maximum absolute atomic E-state index is 11.8. The van der Waals surface area contributed by atoms with Gasteiger partial charge in [0.2, 0.25) is 0 Å². The summed E-state index contributed by atoms with van der Waals surface area (Å²) in [4.78, 5) is 23.1.